The van der Waals surface area contributed by atoms with Crippen LogP contribution in [-0.2, 0) is 0 Å². The molecule has 2 atom stereocenters. The van der Waals surface area contributed by atoms with E-state index >= 15 is 0 Å². The van der Waals surface area contributed by atoms with Gasteiger partial charge in [0.25, 0.3) is 0 Å². The molecule has 0 saturated heterocycles. The molecular formula is C19H37N. The summed E-state index contributed by atoms with van der Waals surface area (Å²) in [6, 6.07) is 0.659. The summed E-state index contributed by atoms with van der Waals surface area (Å²) in [5.41, 5.74) is 0. The normalized spacial score (nSPS) is 19.6. The third-order valence-electron chi connectivity index (χ3n) is 2.95. The van der Waals surface area contributed by atoms with E-state index in [4.69, 9.17) is 0 Å². The molecule has 0 fully saturated rings. The summed E-state index contributed by atoms with van der Waals surface area (Å²) in [6.45, 7) is 13.6. The maximum Gasteiger partial charge on any atom is 0.00386 e. The van der Waals surface area contributed by atoms with Crippen molar-refractivity contribution in [1.29, 1.82) is 0 Å². The van der Waals surface area contributed by atoms with Crippen LogP contribution >= 0.6 is 0 Å². The van der Waals surface area contributed by atoms with Crippen molar-refractivity contribution >= 4 is 0 Å². The second kappa shape index (κ2) is 18.2. The summed E-state index contributed by atoms with van der Waals surface area (Å²) in [4.78, 5) is 0. The average Bonchev–Trinajstić information content (AvgIpc) is 2.46. The lowest BCUT2D eigenvalue weighted by Gasteiger charge is -2.14. The molecule has 2 unspecified atom stereocenters. The molecular weight excluding hydrogens is 242 g/mol. The largest absolute Gasteiger partial charge is 0.314 e. The van der Waals surface area contributed by atoms with Crippen LogP contribution in [0.4, 0.5) is 0 Å². The van der Waals surface area contributed by atoms with E-state index in [-0.39, 0.29) is 0 Å². The molecule has 1 aliphatic carbocycles. The van der Waals surface area contributed by atoms with Gasteiger partial charge in [-0.05, 0) is 38.6 Å². The van der Waals surface area contributed by atoms with Gasteiger partial charge in [0.2, 0.25) is 0 Å². The molecule has 0 aliphatic heterocycles. The Morgan fingerprint density at radius 1 is 1.05 bits per heavy atom. The molecule has 0 radical (unpaired) electrons. The Hall–Kier alpha value is -0.820. The van der Waals surface area contributed by atoms with Gasteiger partial charge in [-0.25, -0.2) is 0 Å². The van der Waals surface area contributed by atoms with E-state index in [2.05, 4.69) is 55.6 Å². The highest BCUT2D eigenvalue weighted by Crippen LogP contribution is 2.10. The predicted molar refractivity (Wildman–Crippen MR) is 95.2 cm³/mol. The summed E-state index contributed by atoms with van der Waals surface area (Å²) in [5.74, 6) is 0.603. The molecule has 118 valence electrons. The van der Waals surface area contributed by atoms with E-state index in [0.717, 1.165) is 13.0 Å². The first kappa shape index (κ1) is 21.5. The molecule has 0 spiro atoms. The minimum atomic E-state index is 0.603. The SMILES string of the molecule is CC.CC.CCCC(C)NCCC1C=CC=CC/C=C\1. The standard InChI is InChI=1S/C15H25N.2C2H6/c1-3-9-14(2)16-13-12-15-10-7-5-4-6-8-11-15;2*1-2/h4-5,7-8,10-11,14-16H,3,6,9,12-13H2,1-2H3;2*1-2H3/b5-4?,10-7?,11-8-;;. The molecule has 1 aliphatic rings. The van der Waals surface area contributed by atoms with E-state index in [9.17, 15) is 0 Å². The van der Waals surface area contributed by atoms with E-state index in [1.165, 1.54) is 19.3 Å². The van der Waals surface area contributed by atoms with E-state index in [1.807, 2.05) is 27.7 Å². The van der Waals surface area contributed by atoms with Crippen molar-refractivity contribution in [3.05, 3.63) is 36.5 Å². The minimum absolute atomic E-state index is 0.603. The molecule has 1 heteroatoms. The lowest BCUT2D eigenvalue weighted by molar-refractivity contribution is 0.489. The lowest BCUT2D eigenvalue weighted by atomic mass is 10.0. The summed E-state index contributed by atoms with van der Waals surface area (Å²) in [7, 11) is 0. The summed E-state index contributed by atoms with van der Waals surface area (Å²) >= 11 is 0. The molecule has 0 amide bonds. The van der Waals surface area contributed by atoms with Gasteiger partial charge in [0.1, 0.15) is 0 Å². The van der Waals surface area contributed by atoms with Crippen molar-refractivity contribution in [3.63, 3.8) is 0 Å². The third-order valence-corrected chi connectivity index (χ3v) is 2.95. The highest BCUT2D eigenvalue weighted by molar-refractivity contribution is 5.13. The first-order chi connectivity index (χ1) is 9.83. The van der Waals surface area contributed by atoms with Gasteiger partial charge < -0.3 is 5.32 Å². The monoisotopic (exact) mass is 279 g/mol. The Kier molecular flexibility index (Phi) is 19.5. The lowest BCUT2D eigenvalue weighted by Crippen LogP contribution is -2.27. The van der Waals surface area contributed by atoms with Gasteiger partial charge in [-0.15, -0.1) is 0 Å². The second-order valence-electron chi connectivity index (χ2n) is 4.57. The van der Waals surface area contributed by atoms with Crippen LogP contribution in [-0.4, -0.2) is 12.6 Å². The molecule has 0 heterocycles. The zero-order valence-electron chi connectivity index (χ0n) is 14.7. The Morgan fingerprint density at radius 3 is 2.40 bits per heavy atom. The minimum Gasteiger partial charge on any atom is -0.314 e. The van der Waals surface area contributed by atoms with Crippen LogP contribution in [0, 0.1) is 5.92 Å². The maximum atomic E-state index is 3.58. The number of nitrogens with one attached hydrogen (secondary N) is 1. The van der Waals surface area contributed by atoms with Crippen LogP contribution in [0.2, 0.25) is 0 Å². The number of allylic oxidation sites excluding steroid dienone is 6. The Morgan fingerprint density at radius 2 is 1.75 bits per heavy atom. The quantitative estimate of drug-likeness (QED) is 0.597. The molecule has 0 saturated carbocycles. The van der Waals surface area contributed by atoms with Crippen molar-refractivity contribution in [2.24, 2.45) is 5.92 Å². The average molecular weight is 280 g/mol. The first-order valence-corrected chi connectivity index (χ1v) is 8.56. The van der Waals surface area contributed by atoms with Gasteiger partial charge in [0.05, 0.1) is 0 Å². The molecule has 0 bridgehead atoms. The van der Waals surface area contributed by atoms with E-state index in [0.29, 0.717) is 12.0 Å². The van der Waals surface area contributed by atoms with Crippen LogP contribution in [0.15, 0.2) is 36.5 Å². The van der Waals surface area contributed by atoms with Gasteiger partial charge in [0, 0.05) is 6.04 Å². The van der Waals surface area contributed by atoms with Crippen molar-refractivity contribution in [1.82, 2.24) is 5.32 Å². The maximum absolute atomic E-state index is 3.58. The van der Waals surface area contributed by atoms with Crippen molar-refractivity contribution in [3.8, 4) is 0 Å². The summed E-state index contributed by atoms with van der Waals surface area (Å²) in [5, 5.41) is 3.58. The fourth-order valence-corrected chi connectivity index (χ4v) is 1.98. The van der Waals surface area contributed by atoms with Crippen molar-refractivity contribution in [2.45, 2.75) is 73.3 Å². The molecule has 20 heavy (non-hydrogen) atoms. The van der Waals surface area contributed by atoms with Gasteiger partial charge in [0.15, 0.2) is 0 Å². The smallest absolute Gasteiger partial charge is 0.00386 e. The van der Waals surface area contributed by atoms with E-state index in [1.54, 1.807) is 0 Å². The second-order valence-corrected chi connectivity index (χ2v) is 4.57. The Bertz CT molecular complexity index is 250. The zero-order chi connectivity index (χ0) is 15.6. The molecule has 1 nitrogen and oxygen atoms in total. The van der Waals surface area contributed by atoms with Crippen LogP contribution in [0.3, 0.4) is 0 Å². The number of hydrogen-bond donors (Lipinski definition) is 1. The molecule has 1 rings (SSSR count). The van der Waals surface area contributed by atoms with E-state index < -0.39 is 0 Å². The van der Waals surface area contributed by atoms with Crippen LogP contribution < -0.4 is 5.32 Å². The van der Waals surface area contributed by atoms with Gasteiger partial charge in [-0.2, -0.15) is 0 Å². The number of rotatable bonds is 6. The predicted octanol–water partition coefficient (Wildman–Crippen LogP) is 5.90. The molecule has 1 N–H and O–H groups in total. The van der Waals surface area contributed by atoms with Gasteiger partial charge in [-0.3, -0.25) is 0 Å². The van der Waals surface area contributed by atoms with Crippen molar-refractivity contribution in [2.75, 3.05) is 6.54 Å². The zero-order valence-corrected chi connectivity index (χ0v) is 14.7. The van der Waals surface area contributed by atoms with Crippen LogP contribution in [0.25, 0.3) is 0 Å². The molecule has 0 aromatic rings. The Labute approximate surface area is 128 Å². The fourth-order valence-electron chi connectivity index (χ4n) is 1.98. The fraction of sp³-hybridized carbons (Fsp3) is 0.684. The van der Waals surface area contributed by atoms with Gasteiger partial charge in [-0.1, -0.05) is 77.5 Å². The number of hydrogen-bond acceptors (Lipinski definition) is 1. The van der Waals surface area contributed by atoms with Gasteiger partial charge >= 0.3 is 0 Å². The van der Waals surface area contributed by atoms with Crippen molar-refractivity contribution < 1.29 is 0 Å². The summed E-state index contributed by atoms with van der Waals surface area (Å²) < 4.78 is 0. The summed E-state index contributed by atoms with van der Waals surface area (Å²) in [6.07, 6.45) is 18.2. The molecule has 0 aromatic carbocycles. The highest BCUT2D eigenvalue weighted by Gasteiger charge is 2.03. The Balaban J connectivity index is 0. The molecule has 0 aromatic heterocycles. The topological polar surface area (TPSA) is 12.0 Å². The third kappa shape index (κ3) is 13.6. The highest BCUT2D eigenvalue weighted by atomic mass is 14.9. The van der Waals surface area contributed by atoms with Crippen LogP contribution in [0.5, 0.6) is 0 Å². The van der Waals surface area contributed by atoms with Crippen LogP contribution in [0.1, 0.15) is 67.2 Å². The first-order valence-electron chi connectivity index (χ1n) is 8.56.